The number of thiophene rings is 1. The average Bonchev–Trinajstić information content (AvgIpc) is 3.27. The highest BCUT2D eigenvalue weighted by Gasteiger charge is 2.27. The van der Waals surface area contributed by atoms with Gasteiger partial charge < -0.3 is 4.84 Å². The fourth-order valence-corrected chi connectivity index (χ4v) is 6.32. The van der Waals surface area contributed by atoms with E-state index in [2.05, 4.69) is 35.3 Å². The highest BCUT2D eigenvalue weighted by atomic mass is 32.2. The number of rotatable bonds is 6. The number of fused-ring (bicyclic) bond motifs is 1. The molecule has 11 heteroatoms. The number of sulfonamides is 1. The highest BCUT2D eigenvalue weighted by molar-refractivity contribution is 7.94. The molecular formula is C22H25N5O4S2. The van der Waals surface area contributed by atoms with Gasteiger partial charge in [0.05, 0.1) is 5.28 Å². The molecule has 0 radical (unpaired) electrons. The van der Waals surface area contributed by atoms with Crippen LogP contribution in [0.3, 0.4) is 0 Å². The summed E-state index contributed by atoms with van der Waals surface area (Å²) in [4.78, 5) is 16.2. The third kappa shape index (κ3) is 4.52. The molecule has 33 heavy (non-hydrogen) atoms. The summed E-state index contributed by atoms with van der Waals surface area (Å²) in [6.45, 7) is 7.35. The third-order valence-corrected chi connectivity index (χ3v) is 8.51. The maximum Gasteiger partial charge on any atom is 0.326 e. The molecule has 1 aromatic heterocycles. The van der Waals surface area contributed by atoms with E-state index in [1.165, 1.54) is 28.8 Å². The Hall–Kier alpha value is -3.15. The molecule has 0 saturated heterocycles. The van der Waals surface area contributed by atoms with Crippen LogP contribution in [0.2, 0.25) is 0 Å². The Morgan fingerprint density at radius 2 is 1.97 bits per heavy atom. The average molecular weight is 488 g/mol. The molecule has 2 aromatic carbocycles. The van der Waals surface area contributed by atoms with E-state index in [1.54, 1.807) is 31.3 Å². The third-order valence-electron chi connectivity index (χ3n) is 5.24. The number of carbonyl (C=O) groups excluding carboxylic acids is 1. The number of anilines is 1. The molecule has 0 amide bonds. The summed E-state index contributed by atoms with van der Waals surface area (Å²) < 4.78 is 30.4. The van der Waals surface area contributed by atoms with Gasteiger partial charge in [0, 0.05) is 29.9 Å². The van der Waals surface area contributed by atoms with Crippen molar-refractivity contribution in [3.8, 4) is 0 Å². The fraction of sp³-hybridized carbons (Fsp3) is 0.273. The number of hydrazone groups is 1. The van der Waals surface area contributed by atoms with Crippen LogP contribution in [0.25, 0.3) is 10.1 Å². The van der Waals surface area contributed by atoms with Crippen LogP contribution in [-0.4, -0.2) is 37.6 Å². The lowest BCUT2D eigenvalue weighted by atomic mass is 10.0. The quantitative estimate of drug-likeness (QED) is 0.543. The van der Waals surface area contributed by atoms with Crippen LogP contribution >= 0.6 is 11.3 Å². The number of hydrazine groups is 2. The van der Waals surface area contributed by atoms with E-state index in [1.807, 2.05) is 19.1 Å². The number of benzene rings is 2. The molecule has 0 fully saturated rings. The lowest BCUT2D eigenvalue weighted by Gasteiger charge is -2.22. The molecule has 0 spiro atoms. The van der Waals surface area contributed by atoms with Crippen molar-refractivity contribution < 1.29 is 18.0 Å². The number of nitrogens with zero attached hydrogens (tertiary/aromatic N) is 3. The normalized spacial score (nSPS) is 14.5. The van der Waals surface area contributed by atoms with E-state index in [4.69, 9.17) is 4.84 Å². The van der Waals surface area contributed by atoms with E-state index in [-0.39, 0.29) is 0 Å². The molecular weight excluding hydrogens is 462 g/mol. The van der Waals surface area contributed by atoms with Crippen molar-refractivity contribution in [3.63, 3.8) is 0 Å². The minimum atomic E-state index is -3.80. The number of aryl methyl sites for hydroxylation is 1. The van der Waals surface area contributed by atoms with Crippen molar-refractivity contribution in [3.05, 3.63) is 59.2 Å². The van der Waals surface area contributed by atoms with Gasteiger partial charge in [-0.25, -0.2) is 13.4 Å². The van der Waals surface area contributed by atoms with Crippen LogP contribution in [0.5, 0.6) is 0 Å². The van der Waals surface area contributed by atoms with Gasteiger partial charge in [0.25, 0.3) is 10.0 Å². The van der Waals surface area contributed by atoms with Gasteiger partial charge in [0.1, 0.15) is 4.21 Å². The number of hydrogen-bond donors (Lipinski definition) is 2. The van der Waals surface area contributed by atoms with Gasteiger partial charge in [-0.2, -0.15) is 5.53 Å². The fourth-order valence-electron chi connectivity index (χ4n) is 3.53. The van der Waals surface area contributed by atoms with E-state index in [0.29, 0.717) is 27.2 Å². The van der Waals surface area contributed by atoms with Crippen molar-refractivity contribution >= 4 is 48.9 Å². The van der Waals surface area contributed by atoms with E-state index < -0.39 is 16.0 Å². The van der Waals surface area contributed by atoms with Crippen LogP contribution in [0, 0.1) is 6.92 Å². The van der Waals surface area contributed by atoms with Gasteiger partial charge in [-0.3, -0.25) is 9.52 Å². The highest BCUT2D eigenvalue weighted by Crippen LogP contribution is 2.36. The molecule has 1 aliphatic rings. The summed E-state index contributed by atoms with van der Waals surface area (Å²) >= 11 is 1.26. The number of nitrogens with one attached hydrogen (secondary N) is 2. The summed E-state index contributed by atoms with van der Waals surface area (Å²) in [7, 11) is -2.14. The minimum Gasteiger partial charge on any atom is -0.328 e. The summed E-state index contributed by atoms with van der Waals surface area (Å²) in [6.07, 6.45) is 0. The Balaban J connectivity index is 1.61. The predicted octanol–water partition coefficient (Wildman–Crippen LogP) is 3.94. The monoisotopic (exact) mass is 487 g/mol. The Kier molecular flexibility index (Phi) is 6.04. The van der Waals surface area contributed by atoms with Crippen molar-refractivity contribution in [2.45, 2.75) is 37.8 Å². The minimum absolute atomic E-state index is 0.293. The van der Waals surface area contributed by atoms with Crippen molar-refractivity contribution in [1.82, 2.24) is 15.8 Å². The smallest absolute Gasteiger partial charge is 0.326 e. The van der Waals surface area contributed by atoms with E-state index in [0.717, 1.165) is 20.9 Å². The van der Waals surface area contributed by atoms with Crippen molar-refractivity contribution in [1.29, 1.82) is 0 Å². The zero-order valence-electron chi connectivity index (χ0n) is 18.9. The van der Waals surface area contributed by atoms with Crippen LogP contribution < -0.4 is 10.3 Å². The van der Waals surface area contributed by atoms with Gasteiger partial charge in [0.2, 0.25) is 0 Å². The Morgan fingerprint density at radius 3 is 2.67 bits per heavy atom. The first kappa shape index (κ1) is 23.0. The van der Waals surface area contributed by atoms with Gasteiger partial charge >= 0.3 is 5.97 Å². The van der Waals surface area contributed by atoms with Gasteiger partial charge in [-0.1, -0.05) is 32.0 Å². The second-order valence-corrected chi connectivity index (χ2v) is 11.0. The van der Waals surface area contributed by atoms with Crippen molar-refractivity contribution in [2.75, 3.05) is 11.8 Å². The van der Waals surface area contributed by atoms with Crippen molar-refractivity contribution in [2.24, 2.45) is 5.10 Å². The number of hydrogen-bond acceptors (Lipinski definition) is 9. The van der Waals surface area contributed by atoms with Gasteiger partial charge in [0.15, 0.2) is 5.84 Å². The SMILES string of the molecule is CC(=O)ON1NN=C(c2cccc(NS(=O)(=O)c3sc4ccc(C(C)C)cc4c3C)c2)N1C. The summed E-state index contributed by atoms with van der Waals surface area (Å²) in [6, 6.07) is 13.0. The van der Waals surface area contributed by atoms with E-state index >= 15 is 0 Å². The second kappa shape index (κ2) is 8.65. The molecule has 174 valence electrons. The first-order valence-corrected chi connectivity index (χ1v) is 12.6. The first-order chi connectivity index (χ1) is 15.6. The Morgan fingerprint density at radius 1 is 1.21 bits per heavy atom. The molecule has 0 saturated carbocycles. The maximum absolute atomic E-state index is 13.3. The zero-order chi connectivity index (χ0) is 23.9. The predicted molar refractivity (Wildman–Crippen MR) is 129 cm³/mol. The number of amidine groups is 1. The molecule has 0 aliphatic carbocycles. The van der Waals surface area contributed by atoms with Gasteiger partial charge in [-0.05, 0) is 53.6 Å². The topological polar surface area (TPSA) is 103 Å². The van der Waals surface area contributed by atoms with Crippen LogP contribution in [0.15, 0.2) is 51.8 Å². The zero-order valence-corrected chi connectivity index (χ0v) is 20.5. The lowest BCUT2D eigenvalue weighted by Crippen LogP contribution is -2.44. The molecule has 1 aliphatic heterocycles. The van der Waals surface area contributed by atoms with Crippen LogP contribution in [-0.2, 0) is 19.7 Å². The summed E-state index contributed by atoms with van der Waals surface area (Å²) in [5.74, 6) is 0.306. The molecule has 2 heterocycles. The first-order valence-electron chi connectivity index (χ1n) is 10.3. The van der Waals surface area contributed by atoms with E-state index in [9.17, 15) is 13.2 Å². The molecule has 0 bridgehead atoms. The molecule has 9 nitrogen and oxygen atoms in total. The maximum atomic E-state index is 13.3. The van der Waals surface area contributed by atoms with Gasteiger partial charge in [-0.15, -0.1) is 16.4 Å². The molecule has 2 N–H and O–H groups in total. The lowest BCUT2D eigenvalue weighted by molar-refractivity contribution is -0.256. The summed E-state index contributed by atoms with van der Waals surface area (Å²) in [5, 5.41) is 7.69. The largest absolute Gasteiger partial charge is 0.328 e. The Bertz CT molecular complexity index is 1360. The summed E-state index contributed by atoms with van der Waals surface area (Å²) in [5.41, 5.74) is 5.52. The Labute approximate surface area is 196 Å². The van der Waals surface area contributed by atoms with Crippen LogP contribution in [0.1, 0.15) is 43.4 Å². The second-order valence-electron chi connectivity index (χ2n) is 8.03. The molecule has 3 aromatic rings. The van der Waals surface area contributed by atoms with Crippen LogP contribution in [0.4, 0.5) is 5.69 Å². The molecule has 0 atom stereocenters. The number of carbonyl (C=O) groups is 1. The molecule has 4 rings (SSSR count). The molecule has 0 unspecified atom stereocenters. The standard InChI is InChI=1S/C22H25N5O4S2/c1-13(2)16-9-10-20-19(12-16)14(3)22(32-20)33(29,30)24-18-8-6-7-17(11-18)21-23-25-27(26(21)5)31-15(4)28/h6-13,24-25H,1-5H3.